The zero-order valence-electron chi connectivity index (χ0n) is 9.99. The molecule has 5 heteroatoms. The van der Waals surface area contributed by atoms with Crippen LogP contribution in [0.2, 0.25) is 0 Å². The molecule has 100 valence electrons. The van der Waals surface area contributed by atoms with Crippen molar-refractivity contribution >= 4 is 43.1 Å². The largest absolute Gasteiger partial charge is 0.288 e. The van der Waals surface area contributed by atoms with Gasteiger partial charge in [0, 0.05) is 25.5 Å². The highest BCUT2D eigenvalue weighted by Gasteiger charge is 2.20. The number of rotatable bonds is 2. The van der Waals surface area contributed by atoms with Crippen LogP contribution < -0.4 is 0 Å². The van der Waals surface area contributed by atoms with Crippen LogP contribution in [0.15, 0.2) is 46.3 Å². The number of hydrogen-bond acceptors (Lipinski definition) is 2. The van der Waals surface area contributed by atoms with Gasteiger partial charge in [0.2, 0.25) is 0 Å². The van der Waals surface area contributed by atoms with E-state index in [1.807, 2.05) is 6.07 Å². The Morgan fingerprint density at radius 3 is 2.60 bits per heavy atom. The fourth-order valence-electron chi connectivity index (χ4n) is 2.02. The summed E-state index contributed by atoms with van der Waals surface area (Å²) in [5.74, 6) is -2.63. The molecule has 0 N–H and O–H groups in total. The molecule has 0 unspecified atom stereocenters. The lowest BCUT2D eigenvalue weighted by Crippen LogP contribution is -2.05. The standard InChI is InChI=1S/C15H7BrF2OS/c16-11-5-1-3-8-10(7-20-15(8)11)14(19)9-4-2-6-12(17)13(9)18/h1-7H. The first-order valence-corrected chi connectivity index (χ1v) is 7.41. The van der Waals surface area contributed by atoms with Gasteiger partial charge in [-0.3, -0.25) is 4.79 Å². The van der Waals surface area contributed by atoms with Crippen LogP contribution in [0.4, 0.5) is 8.78 Å². The van der Waals surface area contributed by atoms with Gasteiger partial charge < -0.3 is 0 Å². The van der Waals surface area contributed by atoms with Crippen LogP contribution >= 0.6 is 27.3 Å². The third-order valence-electron chi connectivity index (χ3n) is 2.99. The molecule has 1 aromatic heterocycles. The molecular formula is C15H7BrF2OS. The summed E-state index contributed by atoms with van der Waals surface area (Å²) in [5.41, 5.74) is 0.139. The minimum Gasteiger partial charge on any atom is -0.288 e. The van der Waals surface area contributed by atoms with Crippen molar-refractivity contribution < 1.29 is 13.6 Å². The molecule has 1 nitrogen and oxygen atoms in total. The second kappa shape index (κ2) is 5.07. The lowest BCUT2D eigenvalue weighted by atomic mass is 10.0. The van der Waals surface area contributed by atoms with Crippen LogP contribution in [-0.4, -0.2) is 5.78 Å². The van der Waals surface area contributed by atoms with Gasteiger partial charge in [-0.2, -0.15) is 0 Å². The molecule has 0 fully saturated rings. The number of carbonyl (C=O) groups excluding carboxylic acids is 1. The minimum absolute atomic E-state index is 0.246. The molecule has 0 saturated carbocycles. The summed E-state index contributed by atoms with van der Waals surface area (Å²) in [6.45, 7) is 0. The van der Waals surface area contributed by atoms with E-state index in [9.17, 15) is 13.6 Å². The van der Waals surface area contributed by atoms with Crippen LogP contribution in [0.1, 0.15) is 15.9 Å². The van der Waals surface area contributed by atoms with Crippen molar-refractivity contribution in [3.63, 3.8) is 0 Å². The number of thiophene rings is 1. The van der Waals surface area contributed by atoms with E-state index in [1.165, 1.54) is 23.5 Å². The highest BCUT2D eigenvalue weighted by atomic mass is 79.9. The number of ketones is 1. The van der Waals surface area contributed by atoms with Gasteiger partial charge in [-0.25, -0.2) is 8.78 Å². The third-order valence-corrected chi connectivity index (χ3v) is 4.94. The Kier molecular flexibility index (Phi) is 3.40. The maximum atomic E-state index is 13.7. The molecule has 0 spiro atoms. The van der Waals surface area contributed by atoms with Gasteiger partial charge in [0.25, 0.3) is 0 Å². The molecule has 0 bridgehead atoms. The molecule has 3 rings (SSSR count). The Bertz CT molecular complexity index is 826. The molecule has 3 aromatic rings. The normalized spacial score (nSPS) is 10.9. The monoisotopic (exact) mass is 352 g/mol. The number of hydrogen-bond donors (Lipinski definition) is 0. The second-order valence-electron chi connectivity index (χ2n) is 4.20. The lowest BCUT2D eigenvalue weighted by molar-refractivity contribution is 0.103. The predicted molar refractivity (Wildman–Crippen MR) is 79.3 cm³/mol. The Morgan fingerprint density at radius 1 is 1.05 bits per heavy atom. The molecule has 0 radical (unpaired) electrons. The van der Waals surface area contributed by atoms with Gasteiger partial charge >= 0.3 is 0 Å². The highest BCUT2D eigenvalue weighted by molar-refractivity contribution is 9.10. The van der Waals surface area contributed by atoms with E-state index < -0.39 is 17.4 Å². The van der Waals surface area contributed by atoms with E-state index in [4.69, 9.17) is 0 Å². The molecule has 2 aromatic carbocycles. The Balaban J connectivity index is 2.18. The molecule has 0 saturated heterocycles. The van der Waals surface area contributed by atoms with Gasteiger partial charge in [-0.05, 0) is 34.1 Å². The first kappa shape index (κ1) is 13.4. The van der Waals surface area contributed by atoms with Crippen molar-refractivity contribution in [1.29, 1.82) is 0 Å². The maximum absolute atomic E-state index is 13.7. The summed E-state index contributed by atoms with van der Waals surface area (Å²) in [4.78, 5) is 12.4. The second-order valence-corrected chi connectivity index (χ2v) is 5.93. The van der Waals surface area contributed by atoms with E-state index in [0.29, 0.717) is 5.56 Å². The first-order valence-electron chi connectivity index (χ1n) is 5.74. The molecule has 0 aliphatic carbocycles. The lowest BCUT2D eigenvalue weighted by Gasteiger charge is -2.02. The molecule has 0 amide bonds. The number of benzene rings is 2. The van der Waals surface area contributed by atoms with E-state index in [1.54, 1.807) is 17.5 Å². The Labute approximate surface area is 126 Å². The quantitative estimate of drug-likeness (QED) is 0.581. The van der Waals surface area contributed by atoms with Crippen molar-refractivity contribution in [2.24, 2.45) is 0 Å². The van der Waals surface area contributed by atoms with Gasteiger partial charge in [0.1, 0.15) is 0 Å². The molecule has 0 aliphatic heterocycles. The molecule has 20 heavy (non-hydrogen) atoms. The minimum atomic E-state index is -1.10. The van der Waals surface area contributed by atoms with Gasteiger partial charge in [0.05, 0.1) is 5.56 Å². The summed E-state index contributed by atoms with van der Waals surface area (Å²) < 4.78 is 28.7. The summed E-state index contributed by atoms with van der Waals surface area (Å²) in [6, 6.07) is 9.08. The topological polar surface area (TPSA) is 17.1 Å². The number of fused-ring (bicyclic) bond motifs is 1. The summed E-state index contributed by atoms with van der Waals surface area (Å²) in [7, 11) is 0. The number of carbonyl (C=O) groups is 1. The SMILES string of the molecule is O=C(c1cccc(F)c1F)c1csc2c(Br)cccc12. The zero-order chi connectivity index (χ0) is 14.3. The van der Waals surface area contributed by atoms with E-state index in [-0.39, 0.29) is 5.56 Å². The highest BCUT2D eigenvalue weighted by Crippen LogP contribution is 2.33. The van der Waals surface area contributed by atoms with Gasteiger partial charge in [-0.1, -0.05) is 18.2 Å². The van der Waals surface area contributed by atoms with Crippen LogP contribution in [-0.2, 0) is 0 Å². The van der Waals surface area contributed by atoms with Crippen molar-refractivity contribution in [3.05, 3.63) is 69.0 Å². The summed E-state index contributed by atoms with van der Waals surface area (Å²) in [6.07, 6.45) is 0. The molecule has 0 aliphatic rings. The van der Waals surface area contributed by atoms with Gasteiger partial charge in [0.15, 0.2) is 17.4 Å². The summed E-state index contributed by atoms with van der Waals surface area (Å²) in [5, 5.41) is 2.40. The van der Waals surface area contributed by atoms with Gasteiger partial charge in [-0.15, -0.1) is 11.3 Å². The fraction of sp³-hybridized carbons (Fsp3) is 0. The van der Waals surface area contributed by atoms with Crippen molar-refractivity contribution in [2.45, 2.75) is 0 Å². The smallest absolute Gasteiger partial charge is 0.197 e. The fourth-order valence-corrected chi connectivity index (χ4v) is 3.62. The third kappa shape index (κ3) is 2.07. The van der Waals surface area contributed by atoms with Crippen molar-refractivity contribution in [2.75, 3.05) is 0 Å². The number of halogens is 3. The molecular weight excluding hydrogens is 346 g/mol. The van der Waals surface area contributed by atoms with Crippen LogP contribution in [0.5, 0.6) is 0 Å². The average Bonchev–Trinajstić information content (AvgIpc) is 2.86. The van der Waals surface area contributed by atoms with E-state index in [2.05, 4.69) is 15.9 Å². The molecule has 0 atom stereocenters. The van der Waals surface area contributed by atoms with Crippen LogP contribution in [0.3, 0.4) is 0 Å². The predicted octanol–water partition coefficient (Wildman–Crippen LogP) is 5.17. The Hall–Kier alpha value is -1.59. The Morgan fingerprint density at radius 2 is 1.80 bits per heavy atom. The van der Waals surface area contributed by atoms with Crippen LogP contribution in [0.25, 0.3) is 10.1 Å². The zero-order valence-corrected chi connectivity index (χ0v) is 12.4. The first-order chi connectivity index (χ1) is 9.59. The van der Waals surface area contributed by atoms with Crippen LogP contribution in [0, 0.1) is 11.6 Å². The maximum Gasteiger partial charge on any atom is 0.197 e. The van der Waals surface area contributed by atoms with Crippen molar-refractivity contribution in [1.82, 2.24) is 0 Å². The van der Waals surface area contributed by atoms with E-state index in [0.717, 1.165) is 20.6 Å². The van der Waals surface area contributed by atoms with Crippen molar-refractivity contribution in [3.8, 4) is 0 Å². The average molecular weight is 353 g/mol. The van der Waals surface area contributed by atoms with E-state index >= 15 is 0 Å². The summed E-state index contributed by atoms with van der Waals surface area (Å²) >= 11 is 4.80. The molecule has 1 heterocycles.